The maximum Gasteiger partial charge on any atom is 0.255 e. The number of rotatable bonds is 6. The van der Waals surface area contributed by atoms with Crippen LogP contribution in [0.3, 0.4) is 0 Å². The van der Waals surface area contributed by atoms with E-state index in [0.29, 0.717) is 12.5 Å². The topological polar surface area (TPSA) is 46.9 Å². The summed E-state index contributed by atoms with van der Waals surface area (Å²) in [6, 6.07) is 9.99. The number of amides is 1. The zero-order valence-corrected chi connectivity index (χ0v) is 13.9. The van der Waals surface area contributed by atoms with Crippen molar-refractivity contribution in [1.82, 2.24) is 15.1 Å². The van der Waals surface area contributed by atoms with E-state index in [-0.39, 0.29) is 5.91 Å². The third-order valence-electron chi connectivity index (χ3n) is 3.62. The van der Waals surface area contributed by atoms with Crippen molar-refractivity contribution in [2.45, 2.75) is 40.5 Å². The molecule has 0 bridgehead atoms. The number of benzene rings is 1. The molecule has 0 aliphatic rings. The Bertz CT molecular complexity index is 629. The SMILES string of the molecule is CCc1nn(-c2ccccc2)c(CC)c1C(=O)NCC(C)C. The number of nitrogens with zero attached hydrogens (tertiary/aromatic N) is 2. The van der Waals surface area contributed by atoms with Crippen LogP contribution in [0.5, 0.6) is 0 Å². The minimum Gasteiger partial charge on any atom is -0.352 e. The Balaban J connectivity index is 2.45. The fourth-order valence-electron chi connectivity index (χ4n) is 2.51. The monoisotopic (exact) mass is 299 g/mol. The summed E-state index contributed by atoms with van der Waals surface area (Å²) in [6.45, 7) is 8.97. The maximum absolute atomic E-state index is 12.6. The van der Waals surface area contributed by atoms with Gasteiger partial charge in [-0.25, -0.2) is 4.68 Å². The molecule has 2 aromatic rings. The summed E-state index contributed by atoms with van der Waals surface area (Å²) in [7, 11) is 0. The molecular weight excluding hydrogens is 274 g/mol. The van der Waals surface area contributed by atoms with E-state index in [1.54, 1.807) is 0 Å². The first-order valence-corrected chi connectivity index (χ1v) is 8.02. The molecule has 0 spiro atoms. The van der Waals surface area contributed by atoms with Crippen LogP contribution in [0.2, 0.25) is 0 Å². The normalized spacial score (nSPS) is 11.0. The van der Waals surface area contributed by atoms with Crippen LogP contribution in [0.15, 0.2) is 30.3 Å². The maximum atomic E-state index is 12.6. The van der Waals surface area contributed by atoms with Gasteiger partial charge < -0.3 is 5.32 Å². The molecule has 0 radical (unpaired) electrons. The van der Waals surface area contributed by atoms with E-state index in [1.807, 2.05) is 41.9 Å². The third kappa shape index (κ3) is 3.38. The summed E-state index contributed by atoms with van der Waals surface area (Å²) in [5.74, 6) is 0.424. The predicted octanol–water partition coefficient (Wildman–Crippen LogP) is 3.38. The standard InChI is InChI=1S/C18H25N3O/c1-5-15-17(18(22)19-12-13(3)4)16(6-2)21(20-15)14-10-8-7-9-11-14/h7-11,13H,5-6,12H2,1-4H3,(H,19,22). The van der Waals surface area contributed by atoms with Gasteiger partial charge in [0.2, 0.25) is 0 Å². The molecule has 4 heteroatoms. The fourth-order valence-corrected chi connectivity index (χ4v) is 2.51. The summed E-state index contributed by atoms with van der Waals surface area (Å²) in [5.41, 5.74) is 3.58. The highest BCUT2D eigenvalue weighted by molar-refractivity contribution is 5.96. The van der Waals surface area contributed by atoms with Crippen LogP contribution in [0, 0.1) is 5.92 Å². The van der Waals surface area contributed by atoms with Gasteiger partial charge in [0.05, 0.1) is 22.6 Å². The molecule has 1 aromatic carbocycles. The van der Waals surface area contributed by atoms with E-state index in [9.17, 15) is 4.79 Å². The molecule has 1 amide bonds. The first-order chi connectivity index (χ1) is 10.6. The zero-order chi connectivity index (χ0) is 16.1. The Morgan fingerprint density at radius 3 is 2.41 bits per heavy atom. The van der Waals surface area contributed by atoms with Crippen LogP contribution >= 0.6 is 0 Å². The highest BCUT2D eigenvalue weighted by Crippen LogP contribution is 2.20. The summed E-state index contributed by atoms with van der Waals surface area (Å²) < 4.78 is 1.91. The highest BCUT2D eigenvalue weighted by Gasteiger charge is 2.22. The number of carbonyl (C=O) groups excluding carboxylic acids is 1. The van der Waals surface area contributed by atoms with Gasteiger partial charge in [0.1, 0.15) is 0 Å². The number of carbonyl (C=O) groups is 1. The molecule has 0 saturated heterocycles. The minimum absolute atomic E-state index is 0.00965. The van der Waals surface area contributed by atoms with Crippen LogP contribution in [0.1, 0.15) is 49.4 Å². The molecule has 4 nitrogen and oxygen atoms in total. The second kappa shape index (κ2) is 7.25. The van der Waals surface area contributed by atoms with Gasteiger partial charge in [0.15, 0.2) is 0 Å². The van der Waals surface area contributed by atoms with Gasteiger partial charge in [-0.15, -0.1) is 0 Å². The summed E-state index contributed by atoms with van der Waals surface area (Å²) in [4.78, 5) is 12.6. The van der Waals surface area contributed by atoms with Gasteiger partial charge >= 0.3 is 0 Å². The van der Waals surface area contributed by atoms with Crippen LogP contribution in [-0.4, -0.2) is 22.2 Å². The molecule has 0 atom stereocenters. The van der Waals surface area contributed by atoms with E-state index < -0.39 is 0 Å². The highest BCUT2D eigenvalue weighted by atomic mass is 16.1. The molecule has 1 heterocycles. The first-order valence-electron chi connectivity index (χ1n) is 8.02. The third-order valence-corrected chi connectivity index (χ3v) is 3.62. The van der Waals surface area contributed by atoms with Gasteiger partial charge in [0, 0.05) is 6.54 Å². The van der Waals surface area contributed by atoms with Crippen LogP contribution in [-0.2, 0) is 12.8 Å². The second-order valence-electron chi connectivity index (χ2n) is 5.83. The Morgan fingerprint density at radius 2 is 1.86 bits per heavy atom. The van der Waals surface area contributed by atoms with E-state index in [0.717, 1.165) is 35.5 Å². The van der Waals surface area contributed by atoms with Crippen LogP contribution < -0.4 is 5.32 Å². The average Bonchev–Trinajstić information content (AvgIpc) is 2.92. The number of hydrogen-bond donors (Lipinski definition) is 1. The van der Waals surface area contributed by atoms with E-state index in [1.165, 1.54) is 0 Å². The van der Waals surface area contributed by atoms with Gasteiger partial charge in [-0.05, 0) is 30.9 Å². The van der Waals surface area contributed by atoms with E-state index >= 15 is 0 Å². The van der Waals surface area contributed by atoms with Crippen LogP contribution in [0.4, 0.5) is 0 Å². The van der Waals surface area contributed by atoms with Crippen molar-refractivity contribution in [2.75, 3.05) is 6.54 Å². The lowest BCUT2D eigenvalue weighted by Gasteiger charge is -2.10. The number of para-hydroxylation sites is 1. The lowest BCUT2D eigenvalue weighted by Crippen LogP contribution is -2.28. The van der Waals surface area contributed by atoms with Gasteiger partial charge in [0.25, 0.3) is 5.91 Å². The van der Waals surface area contributed by atoms with Gasteiger partial charge in [-0.3, -0.25) is 4.79 Å². The van der Waals surface area contributed by atoms with Crippen molar-refractivity contribution >= 4 is 5.91 Å². The molecule has 0 unspecified atom stereocenters. The molecule has 0 aliphatic heterocycles. The molecule has 2 rings (SSSR count). The van der Waals surface area contributed by atoms with Crippen molar-refractivity contribution in [3.8, 4) is 5.69 Å². The smallest absolute Gasteiger partial charge is 0.255 e. The quantitative estimate of drug-likeness (QED) is 0.889. The van der Waals surface area contributed by atoms with Crippen molar-refractivity contribution in [3.63, 3.8) is 0 Å². The molecule has 1 aromatic heterocycles. The van der Waals surface area contributed by atoms with Crippen molar-refractivity contribution < 1.29 is 4.79 Å². The lowest BCUT2D eigenvalue weighted by atomic mass is 10.1. The number of aryl methyl sites for hydroxylation is 1. The first kappa shape index (κ1) is 16.3. The fraction of sp³-hybridized carbons (Fsp3) is 0.444. The largest absolute Gasteiger partial charge is 0.352 e. The Labute approximate surface area is 132 Å². The molecule has 1 N–H and O–H groups in total. The van der Waals surface area contributed by atoms with E-state index in [2.05, 4.69) is 31.2 Å². The molecule has 0 fully saturated rings. The molecule has 0 aliphatic carbocycles. The Hall–Kier alpha value is -2.10. The van der Waals surface area contributed by atoms with Crippen LogP contribution in [0.25, 0.3) is 5.69 Å². The molecule has 118 valence electrons. The number of aromatic nitrogens is 2. The average molecular weight is 299 g/mol. The molecular formula is C18H25N3O. The number of hydrogen-bond acceptors (Lipinski definition) is 2. The Kier molecular flexibility index (Phi) is 5.36. The minimum atomic E-state index is -0.00965. The summed E-state index contributed by atoms with van der Waals surface area (Å²) >= 11 is 0. The second-order valence-corrected chi connectivity index (χ2v) is 5.83. The molecule has 22 heavy (non-hydrogen) atoms. The molecule has 0 saturated carbocycles. The summed E-state index contributed by atoms with van der Waals surface area (Å²) in [6.07, 6.45) is 1.52. The lowest BCUT2D eigenvalue weighted by molar-refractivity contribution is 0.0947. The number of nitrogens with one attached hydrogen (secondary N) is 1. The van der Waals surface area contributed by atoms with Gasteiger partial charge in [-0.1, -0.05) is 45.9 Å². The van der Waals surface area contributed by atoms with Crippen molar-refractivity contribution in [3.05, 3.63) is 47.3 Å². The van der Waals surface area contributed by atoms with E-state index in [4.69, 9.17) is 0 Å². The van der Waals surface area contributed by atoms with Gasteiger partial charge in [-0.2, -0.15) is 5.10 Å². The van der Waals surface area contributed by atoms with Crippen molar-refractivity contribution in [1.29, 1.82) is 0 Å². The van der Waals surface area contributed by atoms with Crippen molar-refractivity contribution in [2.24, 2.45) is 5.92 Å². The predicted molar refractivity (Wildman–Crippen MR) is 89.5 cm³/mol. The summed E-state index contributed by atoms with van der Waals surface area (Å²) in [5, 5.41) is 7.69. The Morgan fingerprint density at radius 1 is 1.18 bits per heavy atom. The zero-order valence-electron chi connectivity index (χ0n) is 13.9.